The van der Waals surface area contributed by atoms with E-state index in [1.54, 1.807) is 0 Å². The van der Waals surface area contributed by atoms with E-state index in [4.69, 9.17) is 4.74 Å². The minimum Gasteiger partial charge on any atom is -0.489 e. The zero-order valence-electron chi connectivity index (χ0n) is 13.7. The minimum atomic E-state index is 0. The first-order valence-corrected chi connectivity index (χ1v) is 8.34. The van der Waals surface area contributed by atoms with Crippen molar-refractivity contribution >= 4 is 12.4 Å². The third kappa shape index (κ3) is 5.26. The maximum Gasteiger partial charge on any atom is 0.119 e. The highest BCUT2D eigenvalue weighted by atomic mass is 35.5. The molecule has 0 aliphatic carbocycles. The maximum atomic E-state index is 6.10. The summed E-state index contributed by atoms with van der Waals surface area (Å²) in [5.74, 6) is 0.969. The van der Waals surface area contributed by atoms with Crippen LogP contribution in [0.5, 0.6) is 5.75 Å². The Morgan fingerprint density at radius 1 is 1.00 bits per heavy atom. The second-order valence-corrected chi connectivity index (χ2v) is 6.19. The third-order valence-electron chi connectivity index (χ3n) is 4.41. The molecule has 0 radical (unpaired) electrons. The molecule has 2 aromatic rings. The van der Waals surface area contributed by atoms with E-state index < -0.39 is 0 Å². The summed E-state index contributed by atoms with van der Waals surface area (Å²) < 4.78 is 6.10. The zero-order chi connectivity index (χ0) is 15.2. The van der Waals surface area contributed by atoms with E-state index in [0.717, 1.165) is 18.7 Å². The van der Waals surface area contributed by atoms with Gasteiger partial charge >= 0.3 is 0 Å². The normalized spacial score (nSPS) is 18.7. The Hall–Kier alpha value is -1.51. The van der Waals surface area contributed by atoms with E-state index in [1.165, 1.54) is 30.4 Å². The van der Waals surface area contributed by atoms with Gasteiger partial charge in [0.15, 0.2) is 0 Å². The molecule has 3 rings (SSSR count). The topological polar surface area (TPSA) is 21.3 Å². The SMILES string of the molecule is CC(Oc1ccc(Cc2ccccc2)cc1)C1CCCCN1.Cl. The molecule has 2 atom stereocenters. The molecule has 0 amide bonds. The summed E-state index contributed by atoms with van der Waals surface area (Å²) in [7, 11) is 0. The number of nitrogens with one attached hydrogen (secondary N) is 1. The molecule has 1 N–H and O–H groups in total. The van der Waals surface area contributed by atoms with Crippen molar-refractivity contribution in [3.05, 3.63) is 65.7 Å². The van der Waals surface area contributed by atoms with Gasteiger partial charge in [0.2, 0.25) is 0 Å². The molecule has 124 valence electrons. The summed E-state index contributed by atoms with van der Waals surface area (Å²) >= 11 is 0. The Labute approximate surface area is 145 Å². The van der Waals surface area contributed by atoms with Crippen molar-refractivity contribution < 1.29 is 4.74 Å². The monoisotopic (exact) mass is 331 g/mol. The van der Waals surface area contributed by atoms with Gasteiger partial charge in [-0.05, 0) is 56.0 Å². The summed E-state index contributed by atoms with van der Waals surface area (Å²) in [5.41, 5.74) is 2.66. The van der Waals surface area contributed by atoms with E-state index in [9.17, 15) is 0 Å². The van der Waals surface area contributed by atoms with Gasteiger partial charge < -0.3 is 10.1 Å². The number of hydrogen-bond donors (Lipinski definition) is 1. The second kappa shape index (κ2) is 8.95. The van der Waals surface area contributed by atoms with Crippen LogP contribution < -0.4 is 10.1 Å². The van der Waals surface area contributed by atoms with E-state index in [1.807, 2.05) is 0 Å². The molecular formula is C20H26ClNO. The van der Waals surface area contributed by atoms with Gasteiger partial charge in [-0.1, -0.05) is 48.9 Å². The van der Waals surface area contributed by atoms with Crippen molar-refractivity contribution in [3.8, 4) is 5.75 Å². The molecule has 3 heteroatoms. The first kappa shape index (κ1) is 17.8. The van der Waals surface area contributed by atoms with Gasteiger partial charge in [-0.2, -0.15) is 0 Å². The first-order valence-electron chi connectivity index (χ1n) is 8.34. The van der Waals surface area contributed by atoms with Crippen LogP contribution in [0.3, 0.4) is 0 Å². The Bertz CT molecular complexity index is 564. The van der Waals surface area contributed by atoms with Gasteiger partial charge in [-0.3, -0.25) is 0 Å². The quantitative estimate of drug-likeness (QED) is 0.864. The molecule has 0 aromatic heterocycles. The van der Waals surface area contributed by atoms with Crippen LogP contribution in [0.4, 0.5) is 0 Å². The highest BCUT2D eigenvalue weighted by Crippen LogP contribution is 2.19. The molecule has 1 aliphatic rings. The van der Waals surface area contributed by atoms with Gasteiger partial charge in [0, 0.05) is 6.04 Å². The fraction of sp³-hybridized carbons (Fsp3) is 0.400. The van der Waals surface area contributed by atoms with Crippen LogP contribution in [0.1, 0.15) is 37.3 Å². The number of piperidine rings is 1. The molecule has 1 aliphatic heterocycles. The molecule has 0 saturated carbocycles. The molecule has 0 spiro atoms. The number of rotatable bonds is 5. The van der Waals surface area contributed by atoms with E-state index in [-0.39, 0.29) is 18.5 Å². The lowest BCUT2D eigenvalue weighted by atomic mass is 10.0. The molecule has 2 unspecified atom stereocenters. The van der Waals surface area contributed by atoms with Crippen molar-refractivity contribution in [2.45, 2.75) is 44.8 Å². The third-order valence-corrected chi connectivity index (χ3v) is 4.41. The van der Waals surface area contributed by atoms with Gasteiger partial charge in [0.25, 0.3) is 0 Å². The van der Waals surface area contributed by atoms with E-state index in [0.29, 0.717) is 6.04 Å². The van der Waals surface area contributed by atoms with Crippen LogP contribution in [0, 0.1) is 0 Å². The molecule has 1 fully saturated rings. The highest BCUT2D eigenvalue weighted by Gasteiger charge is 2.20. The number of halogens is 1. The van der Waals surface area contributed by atoms with Crippen LogP contribution in [0.15, 0.2) is 54.6 Å². The molecule has 0 bridgehead atoms. The molecule has 1 saturated heterocycles. The predicted molar refractivity (Wildman–Crippen MR) is 98.7 cm³/mol. The summed E-state index contributed by atoms with van der Waals surface area (Å²) in [5, 5.41) is 3.56. The predicted octanol–water partition coefficient (Wildman–Crippen LogP) is 4.61. The minimum absolute atomic E-state index is 0. The Balaban J connectivity index is 0.00000192. The van der Waals surface area contributed by atoms with Crippen LogP contribution in [0.2, 0.25) is 0 Å². The highest BCUT2D eigenvalue weighted by molar-refractivity contribution is 5.85. The number of hydrogen-bond acceptors (Lipinski definition) is 2. The lowest BCUT2D eigenvalue weighted by Crippen LogP contribution is -2.44. The Kier molecular flexibility index (Phi) is 6.94. The largest absolute Gasteiger partial charge is 0.489 e. The average molecular weight is 332 g/mol. The van der Waals surface area contributed by atoms with Crippen molar-refractivity contribution in [2.24, 2.45) is 0 Å². The fourth-order valence-corrected chi connectivity index (χ4v) is 3.09. The first-order chi connectivity index (χ1) is 10.8. The lowest BCUT2D eigenvalue weighted by Gasteiger charge is -2.29. The van der Waals surface area contributed by atoms with Crippen molar-refractivity contribution in [3.63, 3.8) is 0 Å². The fourth-order valence-electron chi connectivity index (χ4n) is 3.09. The van der Waals surface area contributed by atoms with E-state index in [2.05, 4.69) is 66.8 Å². The lowest BCUT2D eigenvalue weighted by molar-refractivity contribution is 0.152. The van der Waals surface area contributed by atoms with Crippen LogP contribution >= 0.6 is 12.4 Å². The molecule has 2 nitrogen and oxygen atoms in total. The standard InChI is InChI=1S/C20H25NO.ClH/c1-16(20-9-5-6-14-21-20)22-19-12-10-18(11-13-19)15-17-7-3-2-4-8-17;/h2-4,7-8,10-13,16,20-21H,5-6,9,14-15H2,1H3;1H. The van der Waals surface area contributed by atoms with Crippen LogP contribution in [0.25, 0.3) is 0 Å². The van der Waals surface area contributed by atoms with Gasteiger partial charge in [-0.15, -0.1) is 12.4 Å². The summed E-state index contributed by atoms with van der Waals surface area (Å²) in [6, 6.07) is 19.6. The summed E-state index contributed by atoms with van der Waals surface area (Å²) in [6.07, 6.45) is 5.01. The zero-order valence-corrected chi connectivity index (χ0v) is 14.5. The molecular weight excluding hydrogens is 306 g/mol. The van der Waals surface area contributed by atoms with Crippen molar-refractivity contribution in [2.75, 3.05) is 6.54 Å². The smallest absolute Gasteiger partial charge is 0.119 e. The molecule has 1 heterocycles. The van der Waals surface area contributed by atoms with Crippen molar-refractivity contribution in [1.82, 2.24) is 5.32 Å². The number of benzene rings is 2. The van der Waals surface area contributed by atoms with Crippen LogP contribution in [-0.2, 0) is 6.42 Å². The maximum absolute atomic E-state index is 6.10. The van der Waals surface area contributed by atoms with Gasteiger partial charge in [0.1, 0.15) is 11.9 Å². The Morgan fingerprint density at radius 3 is 2.35 bits per heavy atom. The van der Waals surface area contributed by atoms with E-state index >= 15 is 0 Å². The van der Waals surface area contributed by atoms with Crippen LogP contribution in [-0.4, -0.2) is 18.7 Å². The summed E-state index contributed by atoms with van der Waals surface area (Å²) in [4.78, 5) is 0. The summed E-state index contributed by atoms with van der Waals surface area (Å²) in [6.45, 7) is 3.29. The van der Waals surface area contributed by atoms with Gasteiger partial charge in [0.05, 0.1) is 0 Å². The van der Waals surface area contributed by atoms with Gasteiger partial charge in [-0.25, -0.2) is 0 Å². The second-order valence-electron chi connectivity index (χ2n) is 6.19. The Morgan fingerprint density at radius 2 is 1.70 bits per heavy atom. The molecule has 23 heavy (non-hydrogen) atoms. The molecule has 2 aromatic carbocycles. The number of ether oxygens (including phenoxy) is 1. The average Bonchev–Trinajstić information content (AvgIpc) is 2.58. The van der Waals surface area contributed by atoms with Crippen molar-refractivity contribution in [1.29, 1.82) is 0 Å².